The lowest BCUT2D eigenvalue weighted by Gasteiger charge is -2.28. The van der Waals surface area contributed by atoms with Crippen molar-refractivity contribution in [2.75, 3.05) is 18.0 Å². The lowest BCUT2D eigenvalue weighted by molar-refractivity contribution is -0.144. The molecule has 0 bridgehead atoms. The first-order valence-electron chi connectivity index (χ1n) is 5.67. The maximum absolute atomic E-state index is 12.5. The molecule has 1 aromatic heterocycles. The number of alkyl halides is 3. The Labute approximate surface area is 102 Å². The van der Waals surface area contributed by atoms with Gasteiger partial charge in [0.2, 0.25) is 5.82 Å². The molecule has 0 radical (unpaired) electrons. The molecule has 0 unspecified atom stereocenters. The van der Waals surface area contributed by atoms with Gasteiger partial charge in [-0.2, -0.15) is 13.2 Å². The number of hydrogen-bond acceptors (Lipinski definition) is 4. The number of anilines is 1. The summed E-state index contributed by atoms with van der Waals surface area (Å²) in [5, 5.41) is 0. The van der Waals surface area contributed by atoms with Gasteiger partial charge in [-0.05, 0) is 19.3 Å². The summed E-state index contributed by atoms with van der Waals surface area (Å²) in [7, 11) is 0. The fraction of sp³-hybridized carbons (Fsp3) is 0.545. The van der Waals surface area contributed by atoms with Crippen LogP contribution in [0.15, 0.2) is 6.20 Å². The zero-order chi connectivity index (χ0) is 13.2. The molecule has 0 saturated carbocycles. The van der Waals surface area contributed by atoms with Gasteiger partial charge >= 0.3 is 6.18 Å². The van der Waals surface area contributed by atoms with Crippen LogP contribution in [0, 0.1) is 0 Å². The van der Waals surface area contributed by atoms with Crippen LogP contribution in [-0.2, 0) is 6.18 Å². The van der Waals surface area contributed by atoms with Crippen molar-refractivity contribution in [2.24, 2.45) is 0 Å². The third-order valence-electron chi connectivity index (χ3n) is 2.83. The van der Waals surface area contributed by atoms with Gasteiger partial charge in [0, 0.05) is 19.3 Å². The van der Waals surface area contributed by atoms with Crippen LogP contribution in [0.2, 0.25) is 0 Å². The summed E-state index contributed by atoms with van der Waals surface area (Å²) >= 11 is 0. The van der Waals surface area contributed by atoms with Gasteiger partial charge in [0.15, 0.2) is 6.29 Å². The fourth-order valence-corrected chi connectivity index (χ4v) is 1.96. The number of aldehydes is 1. The van der Waals surface area contributed by atoms with Crippen LogP contribution in [0.5, 0.6) is 0 Å². The van der Waals surface area contributed by atoms with E-state index < -0.39 is 12.0 Å². The topological polar surface area (TPSA) is 46.1 Å². The van der Waals surface area contributed by atoms with Crippen LogP contribution in [0.4, 0.5) is 19.0 Å². The number of hydrogen-bond donors (Lipinski definition) is 0. The zero-order valence-corrected chi connectivity index (χ0v) is 9.57. The number of nitrogens with zero attached hydrogens (tertiary/aromatic N) is 3. The Morgan fingerprint density at radius 2 is 1.89 bits per heavy atom. The molecular weight excluding hydrogens is 247 g/mol. The lowest BCUT2D eigenvalue weighted by Crippen LogP contribution is -2.32. The minimum Gasteiger partial charge on any atom is -0.356 e. The molecule has 1 fully saturated rings. The predicted molar refractivity (Wildman–Crippen MR) is 58.5 cm³/mol. The molecule has 2 heterocycles. The molecule has 4 nitrogen and oxygen atoms in total. The van der Waals surface area contributed by atoms with Gasteiger partial charge in [0.1, 0.15) is 5.82 Å². The molecule has 0 amide bonds. The summed E-state index contributed by atoms with van der Waals surface area (Å²) < 4.78 is 37.6. The molecule has 18 heavy (non-hydrogen) atoms. The highest BCUT2D eigenvalue weighted by Gasteiger charge is 2.35. The third-order valence-corrected chi connectivity index (χ3v) is 2.83. The van der Waals surface area contributed by atoms with Crippen molar-refractivity contribution < 1.29 is 18.0 Å². The highest BCUT2D eigenvalue weighted by atomic mass is 19.4. The number of rotatable bonds is 2. The number of aromatic nitrogens is 2. The average Bonchev–Trinajstić information content (AvgIpc) is 2.38. The van der Waals surface area contributed by atoms with Crippen molar-refractivity contribution in [3.05, 3.63) is 17.6 Å². The van der Waals surface area contributed by atoms with E-state index in [1.54, 1.807) is 4.90 Å². The van der Waals surface area contributed by atoms with E-state index >= 15 is 0 Å². The highest BCUT2D eigenvalue weighted by Crippen LogP contribution is 2.29. The minimum absolute atomic E-state index is 0.0898. The first kappa shape index (κ1) is 12.8. The Hall–Kier alpha value is -1.66. The second-order valence-corrected chi connectivity index (χ2v) is 4.14. The van der Waals surface area contributed by atoms with Gasteiger partial charge in [-0.15, -0.1) is 0 Å². The van der Waals surface area contributed by atoms with E-state index in [2.05, 4.69) is 9.97 Å². The van der Waals surface area contributed by atoms with Crippen molar-refractivity contribution in [3.63, 3.8) is 0 Å². The normalized spacial score (nSPS) is 16.7. The zero-order valence-electron chi connectivity index (χ0n) is 9.57. The smallest absolute Gasteiger partial charge is 0.356 e. The molecule has 1 saturated heterocycles. The van der Waals surface area contributed by atoms with E-state index in [4.69, 9.17) is 0 Å². The number of piperidine rings is 1. The Morgan fingerprint density at radius 1 is 1.22 bits per heavy atom. The van der Waals surface area contributed by atoms with E-state index in [0.717, 1.165) is 25.5 Å². The summed E-state index contributed by atoms with van der Waals surface area (Å²) in [6.07, 6.45) is -0.333. The molecule has 7 heteroatoms. The van der Waals surface area contributed by atoms with Gasteiger partial charge in [0.25, 0.3) is 0 Å². The Kier molecular flexibility index (Phi) is 3.49. The van der Waals surface area contributed by atoms with E-state index in [0.29, 0.717) is 19.4 Å². The van der Waals surface area contributed by atoms with Crippen LogP contribution in [0.1, 0.15) is 35.4 Å². The molecular formula is C11H12F3N3O. The van der Waals surface area contributed by atoms with E-state index in [9.17, 15) is 18.0 Å². The summed E-state index contributed by atoms with van der Waals surface area (Å²) in [4.78, 5) is 19.2. The quantitative estimate of drug-likeness (QED) is 0.764. The summed E-state index contributed by atoms with van der Waals surface area (Å²) in [6, 6.07) is 0. The van der Waals surface area contributed by atoms with Gasteiger partial charge in [-0.25, -0.2) is 9.97 Å². The SMILES string of the molecule is O=Cc1cnc(C(F)(F)F)nc1N1CCCCC1. The highest BCUT2D eigenvalue weighted by molar-refractivity contribution is 5.82. The van der Waals surface area contributed by atoms with Crippen molar-refractivity contribution >= 4 is 12.1 Å². The average molecular weight is 259 g/mol. The van der Waals surface area contributed by atoms with Crippen molar-refractivity contribution in [3.8, 4) is 0 Å². The first-order chi connectivity index (χ1) is 8.52. The molecule has 0 spiro atoms. The van der Waals surface area contributed by atoms with Gasteiger partial charge in [-0.3, -0.25) is 4.79 Å². The standard InChI is InChI=1S/C11H12F3N3O/c12-11(13,14)10-15-6-8(7-18)9(16-10)17-4-2-1-3-5-17/h6-7H,1-5H2. The second kappa shape index (κ2) is 4.91. The maximum atomic E-state index is 12.5. The second-order valence-electron chi connectivity index (χ2n) is 4.14. The molecule has 1 aliphatic heterocycles. The number of carbonyl (C=O) groups is 1. The first-order valence-corrected chi connectivity index (χ1v) is 5.67. The van der Waals surface area contributed by atoms with E-state index in [1.807, 2.05) is 0 Å². The summed E-state index contributed by atoms with van der Waals surface area (Å²) in [6.45, 7) is 1.24. The molecule has 2 rings (SSSR count). The summed E-state index contributed by atoms with van der Waals surface area (Å²) in [5.74, 6) is -1.11. The van der Waals surface area contributed by atoms with Gasteiger partial charge in [-0.1, -0.05) is 0 Å². The lowest BCUT2D eigenvalue weighted by atomic mass is 10.1. The van der Waals surface area contributed by atoms with Crippen molar-refractivity contribution in [1.29, 1.82) is 0 Å². The van der Waals surface area contributed by atoms with Gasteiger partial charge < -0.3 is 4.90 Å². The van der Waals surface area contributed by atoms with Crippen LogP contribution in [0.3, 0.4) is 0 Å². The molecule has 0 N–H and O–H groups in total. The van der Waals surface area contributed by atoms with Crippen molar-refractivity contribution in [1.82, 2.24) is 9.97 Å². The minimum atomic E-state index is -4.59. The molecule has 0 aliphatic carbocycles. The van der Waals surface area contributed by atoms with Crippen LogP contribution < -0.4 is 4.90 Å². The number of halogens is 3. The maximum Gasteiger partial charge on any atom is 0.451 e. The Morgan fingerprint density at radius 3 is 2.44 bits per heavy atom. The molecule has 0 atom stereocenters. The predicted octanol–water partition coefficient (Wildman–Crippen LogP) is 2.30. The number of carbonyl (C=O) groups excluding carboxylic acids is 1. The molecule has 1 aliphatic rings. The Balaban J connectivity index is 2.38. The molecule has 0 aromatic carbocycles. The van der Waals surface area contributed by atoms with E-state index in [-0.39, 0.29) is 11.4 Å². The van der Waals surface area contributed by atoms with Crippen LogP contribution in [0.25, 0.3) is 0 Å². The molecule has 1 aromatic rings. The van der Waals surface area contributed by atoms with Crippen LogP contribution >= 0.6 is 0 Å². The van der Waals surface area contributed by atoms with Crippen LogP contribution in [-0.4, -0.2) is 29.3 Å². The van der Waals surface area contributed by atoms with Gasteiger partial charge in [0.05, 0.1) is 5.56 Å². The molecule has 98 valence electrons. The fourth-order valence-electron chi connectivity index (χ4n) is 1.96. The van der Waals surface area contributed by atoms with E-state index in [1.165, 1.54) is 0 Å². The Bertz CT molecular complexity index is 442. The largest absolute Gasteiger partial charge is 0.451 e. The monoisotopic (exact) mass is 259 g/mol. The van der Waals surface area contributed by atoms with Crippen molar-refractivity contribution in [2.45, 2.75) is 25.4 Å². The summed E-state index contributed by atoms with van der Waals surface area (Å²) in [5.41, 5.74) is 0.102. The third kappa shape index (κ3) is 2.60.